The van der Waals surface area contributed by atoms with Gasteiger partial charge >= 0.3 is 0 Å². The van der Waals surface area contributed by atoms with Crippen molar-refractivity contribution in [1.82, 2.24) is 15.2 Å². The Morgan fingerprint density at radius 1 is 1.06 bits per heavy atom. The fraction of sp³-hybridized carbons (Fsp3) is 0.455. The Morgan fingerprint density at radius 3 is 2.39 bits per heavy atom. The number of aromatic nitrogens is 1. The molecule has 0 atom stereocenters. The average Bonchev–Trinajstić information content (AvgIpc) is 2.81. The summed E-state index contributed by atoms with van der Waals surface area (Å²) >= 11 is 0. The van der Waals surface area contributed by atoms with Gasteiger partial charge in [0.2, 0.25) is 0 Å². The van der Waals surface area contributed by atoms with Crippen molar-refractivity contribution in [3.8, 4) is 11.5 Å². The number of likely N-dealkylation sites (N-methyl/N-ethyl adjacent to an activating group) is 1. The first-order valence-electron chi connectivity index (χ1n) is 10.3. The number of hydrogen-bond donors (Lipinski definition) is 2. The summed E-state index contributed by atoms with van der Waals surface area (Å²) < 4.78 is 10.6. The molecule has 0 spiro atoms. The first-order valence-corrected chi connectivity index (χ1v) is 10.3. The molecule has 1 fully saturated rings. The number of methoxy groups -OCH3 is 2. The van der Waals surface area contributed by atoms with Crippen LogP contribution in [0.5, 0.6) is 11.5 Å². The van der Waals surface area contributed by atoms with Gasteiger partial charge in [-0.25, -0.2) is 9.98 Å². The normalized spacial score (nSPS) is 14.7. The quantitative estimate of drug-likeness (QED) is 0.302. The highest BCUT2D eigenvalue weighted by Gasteiger charge is 2.16. The molecule has 1 aromatic heterocycles. The number of hydrogen-bond acceptors (Lipinski definition) is 6. The molecule has 0 radical (unpaired) electrons. The zero-order chi connectivity index (χ0) is 21.3. The Morgan fingerprint density at radius 2 is 1.77 bits per heavy atom. The minimum absolute atomic E-state index is 0. The van der Waals surface area contributed by atoms with Crippen LogP contribution in [0.4, 0.5) is 5.82 Å². The van der Waals surface area contributed by atoms with Crippen LogP contribution in [0.25, 0.3) is 0 Å². The zero-order valence-electron chi connectivity index (χ0n) is 18.5. The van der Waals surface area contributed by atoms with E-state index in [1.807, 2.05) is 24.4 Å². The van der Waals surface area contributed by atoms with Crippen molar-refractivity contribution in [2.45, 2.75) is 20.0 Å². The summed E-state index contributed by atoms with van der Waals surface area (Å²) in [7, 11) is 3.24. The van der Waals surface area contributed by atoms with Gasteiger partial charge in [-0.2, -0.15) is 0 Å². The number of aliphatic imine (C=N–C) groups is 1. The lowest BCUT2D eigenvalue weighted by Crippen LogP contribution is -2.46. The maximum absolute atomic E-state index is 6.02. The van der Waals surface area contributed by atoms with E-state index < -0.39 is 0 Å². The lowest BCUT2D eigenvalue weighted by Gasteiger charge is -2.34. The number of ether oxygens (including phenoxy) is 2. The molecule has 0 aliphatic carbocycles. The third kappa shape index (κ3) is 7.13. The van der Waals surface area contributed by atoms with E-state index in [0.29, 0.717) is 30.5 Å². The predicted molar refractivity (Wildman–Crippen MR) is 136 cm³/mol. The van der Waals surface area contributed by atoms with Crippen molar-refractivity contribution in [3.05, 3.63) is 47.7 Å². The monoisotopic (exact) mass is 540 g/mol. The second-order valence-electron chi connectivity index (χ2n) is 7.19. The minimum atomic E-state index is 0. The van der Waals surface area contributed by atoms with Gasteiger partial charge in [-0.05, 0) is 35.9 Å². The van der Waals surface area contributed by atoms with Gasteiger partial charge in [0.1, 0.15) is 5.82 Å². The number of anilines is 1. The molecule has 9 heteroatoms. The Kier molecular flexibility index (Phi) is 10.1. The minimum Gasteiger partial charge on any atom is -0.493 e. The molecule has 0 bridgehead atoms. The Hall–Kier alpha value is -2.27. The number of nitrogens with zero attached hydrogens (tertiary/aromatic N) is 4. The van der Waals surface area contributed by atoms with E-state index in [0.717, 1.165) is 49.7 Å². The Balaban J connectivity index is 0.00000341. The summed E-state index contributed by atoms with van der Waals surface area (Å²) in [5, 5.41) is 3.13. The summed E-state index contributed by atoms with van der Waals surface area (Å²) in [5.41, 5.74) is 8.08. The van der Waals surface area contributed by atoms with Gasteiger partial charge < -0.3 is 30.3 Å². The van der Waals surface area contributed by atoms with Crippen molar-refractivity contribution >= 4 is 35.8 Å². The molecule has 0 unspecified atom stereocenters. The van der Waals surface area contributed by atoms with Gasteiger partial charge in [0.15, 0.2) is 17.5 Å². The Labute approximate surface area is 201 Å². The maximum Gasteiger partial charge on any atom is 0.189 e. The second kappa shape index (κ2) is 12.6. The molecule has 3 N–H and O–H groups in total. The van der Waals surface area contributed by atoms with Crippen LogP contribution in [0.3, 0.4) is 0 Å². The largest absolute Gasteiger partial charge is 0.493 e. The van der Waals surface area contributed by atoms with E-state index in [-0.39, 0.29) is 24.0 Å². The molecule has 2 aromatic rings. The fourth-order valence-corrected chi connectivity index (χ4v) is 3.41. The highest BCUT2D eigenvalue weighted by Crippen LogP contribution is 2.27. The van der Waals surface area contributed by atoms with Crippen molar-refractivity contribution in [1.29, 1.82) is 0 Å². The second-order valence-corrected chi connectivity index (χ2v) is 7.19. The number of nitrogens with one attached hydrogen (secondary N) is 1. The highest BCUT2D eigenvalue weighted by atomic mass is 127. The smallest absolute Gasteiger partial charge is 0.189 e. The molecule has 170 valence electrons. The molecule has 2 heterocycles. The summed E-state index contributed by atoms with van der Waals surface area (Å²) in [6.45, 7) is 8.57. The standard InChI is InChI=1S/C22H32N6O2.HI/c1-4-27-9-11-28(12-10-27)21-8-6-18(15-24-21)16-26-22(23)25-14-17-5-7-19(29-2)20(13-17)30-3;/h5-8,13,15H,4,9-12,14,16H2,1-3H3,(H3,23,25,26);1H. The lowest BCUT2D eigenvalue weighted by atomic mass is 10.2. The van der Waals surface area contributed by atoms with Crippen molar-refractivity contribution in [3.63, 3.8) is 0 Å². The van der Waals surface area contributed by atoms with E-state index in [9.17, 15) is 0 Å². The van der Waals surface area contributed by atoms with Crippen LogP contribution in [0.15, 0.2) is 41.5 Å². The predicted octanol–water partition coefficient (Wildman–Crippen LogP) is 2.46. The van der Waals surface area contributed by atoms with Crippen molar-refractivity contribution < 1.29 is 9.47 Å². The van der Waals surface area contributed by atoms with Crippen LogP contribution in [-0.2, 0) is 13.1 Å². The molecule has 1 aromatic carbocycles. The molecule has 0 amide bonds. The summed E-state index contributed by atoms with van der Waals surface area (Å²) in [4.78, 5) is 13.8. The SMILES string of the molecule is CCN1CCN(c2ccc(CN=C(N)NCc3ccc(OC)c(OC)c3)cn2)CC1.I. The third-order valence-electron chi connectivity index (χ3n) is 5.31. The van der Waals surface area contributed by atoms with Crippen LogP contribution < -0.4 is 25.4 Å². The Bertz CT molecular complexity index is 838. The first-order chi connectivity index (χ1) is 14.6. The first kappa shape index (κ1) is 25.0. The van der Waals surface area contributed by atoms with Crippen LogP contribution in [0.2, 0.25) is 0 Å². The number of guanidine groups is 1. The molecule has 1 aliphatic rings. The van der Waals surface area contributed by atoms with Crippen LogP contribution >= 0.6 is 24.0 Å². The number of pyridine rings is 1. The van der Waals surface area contributed by atoms with Gasteiger partial charge in [0.25, 0.3) is 0 Å². The van der Waals surface area contributed by atoms with E-state index in [1.54, 1.807) is 14.2 Å². The number of piperazine rings is 1. The van der Waals surface area contributed by atoms with Gasteiger partial charge in [0, 0.05) is 38.9 Å². The molecular formula is C22H33IN6O2. The van der Waals surface area contributed by atoms with E-state index in [1.165, 1.54) is 0 Å². The van der Waals surface area contributed by atoms with Gasteiger partial charge in [-0.3, -0.25) is 0 Å². The van der Waals surface area contributed by atoms with Gasteiger partial charge in [-0.15, -0.1) is 24.0 Å². The summed E-state index contributed by atoms with van der Waals surface area (Å²) in [5.74, 6) is 2.81. The third-order valence-corrected chi connectivity index (χ3v) is 5.31. The fourth-order valence-electron chi connectivity index (χ4n) is 3.41. The zero-order valence-corrected chi connectivity index (χ0v) is 20.8. The molecule has 3 rings (SSSR count). The van der Waals surface area contributed by atoms with E-state index >= 15 is 0 Å². The molecule has 1 aliphatic heterocycles. The van der Waals surface area contributed by atoms with Gasteiger partial charge in [-0.1, -0.05) is 19.1 Å². The van der Waals surface area contributed by atoms with Crippen LogP contribution in [-0.4, -0.2) is 62.8 Å². The van der Waals surface area contributed by atoms with E-state index in [2.05, 4.69) is 44.1 Å². The molecule has 0 saturated carbocycles. The molecule has 8 nitrogen and oxygen atoms in total. The molecule has 1 saturated heterocycles. The van der Waals surface area contributed by atoms with E-state index in [4.69, 9.17) is 15.2 Å². The highest BCUT2D eigenvalue weighted by molar-refractivity contribution is 14.0. The number of nitrogens with two attached hydrogens (primary N) is 1. The van der Waals surface area contributed by atoms with Crippen molar-refractivity contribution in [2.24, 2.45) is 10.7 Å². The number of rotatable bonds is 8. The van der Waals surface area contributed by atoms with Crippen molar-refractivity contribution in [2.75, 3.05) is 51.8 Å². The average molecular weight is 540 g/mol. The van der Waals surface area contributed by atoms with Crippen LogP contribution in [0, 0.1) is 0 Å². The number of halogens is 1. The lowest BCUT2D eigenvalue weighted by molar-refractivity contribution is 0.270. The molecule has 31 heavy (non-hydrogen) atoms. The maximum atomic E-state index is 6.02. The summed E-state index contributed by atoms with van der Waals surface area (Å²) in [6, 6.07) is 9.89. The number of benzene rings is 1. The van der Waals surface area contributed by atoms with Gasteiger partial charge in [0.05, 0.1) is 20.8 Å². The molecular weight excluding hydrogens is 507 g/mol. The summed E-state index contributed by atoms with van der Waals surface area (Å²) in [6.07, 6.45) is 1.88. The topological polar surface area (TPSA) is 88.2 Å². The van der Waals surface area contributed by atoms with Crippen LogP contribution in [0.1, 0.15) is 18.1 Å².